The number of hydrogen-bond donors (Lipinski definition) is 2. The van der Waals surface area contributed by atoms with Crippen molar-refractivity contribution < 1.29 is 37.0 Å². The number of methoxy groups -OCH3 is 1. The molecule has 0 fully saturated rings. The first kappa shape index (κ1) is 25.7. The highest BCUT2D eigenvalue weighted by molar-refractivity contribution is 5.97. The van der Waals surface area contributed by atoms with Gasteiger partial charge in [0.15, 0.2) is 17.3 Å². The van der Waals surface area contributed by atoms with Crippen molar-refractivity contribution in [3.8, 4) is 11.5 Å². The summed E-state index contributed by atoms with van der Waals surface area (Å²) in [5.41, 5.74) is 1.48. The molecule has 2 aromatic carbocycles. The lowest BCUT2D eigenvalue weighted by atomic mass is 10.1. The molecule has 7 nitrogen and oxygen atoms in total. The lowest BCUT2D eigenvalue weighted by Gasteiger charge is -2.13. The molecule has 0 radical (unpaired) electrons. The molecule has 0 atom stereocenters. The minimum Gasteiger partial charge on any atom is -0.493 e. The van der Waals surface area contributed by atoms with Gasteiger partial charge in [-0.2, -0.15) is 13.2 Å². The van der Waals surface area contributed by atoms with Gasteiger partial charge in [0, 0.05) is 23.2 Å². The van der Waals surface area contributed by atoms with Crippen LogP contribution in [0.5, 0.6) is 11.5 Å². The lowest BCUT2D eigenvalue weighted by molar-refractivity contribution is -0.123. The van der Waals surface area contributed by atoms with Crippen LogP contribution in [0.3, 0.4) is 0 Å². The van der Waals surface area contributed by atoms with E-state index in [0.29, 0.717) is 34.7 Å². The zero-order valence-electron chi connectivity index (χ0n) is 18.5. The van der Waals surface area contributed by atoms with Crippen molar-refractivity contribution in [2.75, 3.05) is 25.6 Å². The van der Waals surface area contributed by atoms with Gasteiger partial charge in [-0.3, -0.25) is 14.4 Å². The molecule has 0 saturated heterocycles. The highest BCUT2D eigenvalue weighted by atomic mass is 19.4. The topological polar surface area (TPSA) is 93.7 Å². The first-order valence-electron chi connectivity index (χ1n) is 10.1. The predicted octanol–water partition coefficient (Wildman–Crippen LogP) is 4.30. The van der Waals surface area contributed by atoms with Gasteiger partial charge in [0.05, 0.1) is 13.7 Å². The Morgan fingerprint density at radius 1 is 1.00 bits per heavy atom. The molecule has 33 heavy (non-hydrogen) atoms. The van der Waals surface area contributed by atoms with Crippen LogP contribution in [0.2, 0.25) is 0 Å². The largest absolute Gasteiger partial charge is 0.493 e. The fourth-order valence-electron chi connectivity index (χ4n) is 2.81. The summed E-state index contributed by atoms with van der Waals surface area (Å²) in [5, 5.41) is 4.45. The van der Waals surface area contributed by atoms with Crippen LogP contribution in [-0.2, 0) is 4.79 Å². The van der Waals surface area contributed by atoms with Crippen LogP contribution in [0.25, 0.3) is 0 Å². The van der Waals surface area contributed by atoms with E-state index in [1.807, 2.05) is 0 Å². The summed E-state index contributed by atoms with van der Waals surface area (Å²) in [5.74, 6) is -0.483. The normalized spacial score (nSPS) is 11.0. The van der Waals surface area contributed by atoms with Crippen molar-refractivity contribution in [3.63, 3.8) is 0 Å². The maximum Gasteiger partial charge on any atom is 0.405 e. The van der Waals surface area contributed by atoms with Gasteiger partial charge in [-0.25, -0.2) is 0 Å². The van der Waals surface area contributed by atoms with Gasteiger partial charge in [-0.1, -0.05) is 6.07 Å². The molecule has 0 aliphatic rings. The number of benzene rings is 2. The van der Waals surface area contributed by atoms with Gasteiger partial charge >= 0.3 is 6.18 Å². The van der Waals surface area contributed by atoms with Crippen molar-refractivity contribution >= 4 is 23.3 Å². The molecule has 0 heterocycles. The number of carbonyl (C=O) groups is 3. The average molecular weight is 466 g/mol. The van der Waals surface area contributed by atoms with Crippen LogP contribution in [0.1, 0.15) is 46.0 Å². The van der Waals surface area contributed by atoms with Gasteiger partial charge in [-0.05, 0) is 56.2 Å². The first-order valence-corrected chi connectivity index (χ1v) is 10.1. The molecule has 2 N–H and O–H groups in total. The average Bonchev–Trinajstić information content (AvgIpc) is 2.75. The van der Waals surface area contributed by atoms with Crippen molar-refractivity contribution in [3.05, 3.63) is 53.1 Å². The Bertz CT molecular complexity index is 1020. The fraction of sp³-hybridized carbons (Fsp3) is 0.348. The van der Waals surface area contributed by atoms with Crippen LogP contribution < -0.4 is 20.1 Å². The van der Waals surface area contributed by atoms with Gasteiger partial charge in [-0.15, -0.1) is 0 Å². The highest BCUT2D eigenvalue weighted by Gasteiger charge is 2.28. The number of rotatable bonds is 10. The second kappa shape index (κ2) is 11.3. The van der Waals surface area contributed by atoms with Gasteiger partial charge < -0.3 is 20.1 Å². The molecule has 0 bridgehead atoms. The molecule has 2 aromatic rings. The summed E-state index contributed by atoms with van der Waals surface area (Å²) < 4.78 is 47.7. The molecule has 0 saturated carbocycles. The SMILES string of the molecule is COc1cc(C(C)=O)ccc1OCCCC(=O)Nc1cc(C(=O)NCC(F)(F)F)ccc1C. The Morgan fingerprint density at radius 2 is 1.70 bits per heavy atom. The Labute approximate surface area is 189 Å². The monoisotopic (exact) mass is 466 g/mol. The van der Waals surface area contributed by atoms with Crippen molar-refractivity contribution in [1.82, 2.24) is 5.32 Å². The molecular formula is C23H25F3N2O5. The number of hydrogen-bond acceptors (Lipinski definition) is 5. The van der Waals surface area contributed by atoms with Crippen LogP contribution in [0.4, 0.5) is 18.9 Å². The molecule has 0 unspecified atom stereocenters. The lowest BCUT2D eigenvalue weighted by Crippen LogP contribution is -2.33. The molecule has 2 rings (SSSR count). The minimum atomic E-state index is -4.51. The fourth-order valence-corrected chi connectivity index (χ4v) is 2.81. The number of halogens is 3. The van der Waals surface area contributed by atoms with Crippen LogP contribution >= 0.6 is 0 Å². The van der Waals surface area contributed by atoms with E-state index < -0.39 is 18.6 Å². The molecule has 0 aliphatic carbocycles. The predicted molar refractivity (Wildman–Crippen MR) is 116 cm³/mol. The van der Waals surface area contributed by atoms with Crippen LogP contribution in [-0.4, -0.2) is 44.0 Å². The summed E-state index contributed by atoms with van der Waals surface area (Å²) in [6.07, 6.45) is -4.04. The number of nitrogens with one attached hydrogen (secondary N) is 2. The van der Waals surface area contributed by atoms with E-state index in [-0.39, 0.29) is 30.3 Å². The Kier molecular flexibility index (Phi) is 8.84. The summed E-state index contributed by atoms with van der Waals surface area (Å²) >= 11 is 0. The highest BCUT2D eigenvalue weighted by Crippen LogP contribution is 2.28. The summed E-state index contributed by atoms with van der Waals surface area (Å²) in [4.78, 5) is 35.7. The van der Waals surface area contributed by atoms with E-state index in [4.69, 9.17) is 9.47 Å². The summed E-state index contributed by atoms with van der Waals surface area (Å²) in [6.45, 7) is 1.92. The molecule has 0 aromatic heterocycles. The number of ketones is 1. The quantitative estimate of drug-likeness (QED) is 0.402. The maximum atomic E-state index is 12.3. The molecule has 0 aliphatic heterocycles. The van der Waals surface area contributed by atoms with Crippen molar-refractivity contribution in [2.45, 2.75) is 32.9 Å². The maximum absolute atomic E-state index is 12.3. The second-order valence-electron chi connectivity index (χ2n) is 7.25. The van der Waals surface area contributed by atoms with Gasteiger partial charge in [0.2, 0.25) is 5.91 Å². The number of Topliss-reactive ketones (excluding diaryl/α,β-unsaturated/α-hetero) is 1. The number of aryl methyl sites for hydroxylation is 1. The third-order valence-electron chi connectivity index (χ3n) is 4.60. The standard InChI is InChI=1S/C23H25F3N2O5/c1-14-6-7-17(22(31)27-13-23(24,25)26)11-18(14)28-21(30)5-4-10-33-19-9-8-16(15(2)29)12-20(19)32-3/h6-9,11-12H,4-5,10,13H2,1-3H3,(H,27,31)(H,28,30). The third-order valence-corrected chi connectivity index (χ3v) is 4.60. The second-order valence-corrected chi connectivity index (χ2v) is 7.25. The van der Waals surface area contributed by atoms with E-state index in [1.165, 1.54) is 32.2 Å². The molecule has 178 valence electrons. The first-order chi connectivity index (χ1) is 15.5. The summed E-state index contributed by atoms with van der Waals surface area (Å²) in [6, 6.07) is 9.07. The zero-order chi connectivity index (χ0) is 24.6. The number of anilines is 1. The Hall–Kier alpha value is -3.56. The molecular weight excluding hydrogens is 441 g/mol. The van der Waals surface area contributed by atoms with E-state index in [9.17, 15) is 27.6 Å². The third kappa shape index (κ3) is 8.13. The zero-order valence-corrected chi connectivity index (χ0v) is 18.5. The van der Waals surface area contributed by atoms with Gasteiger partial charge in [0.1, 0.15) is 6.54 Å². The van der Waals surface area contributed by atoms with E-state index >= 15 is 0 Å². The Balaban J connectivity index is 1.88. The van der Waals surface area contributed by atoms with Crippen molar-refractivity contribution in [2.24, 2.45) is 0 Å². The minimum absolute atomic E-state index is 0.00425. The number of alkyl halides is 3. The number of amides is 2. The van der Waals surface area contributed by atoms with E-state index in [0.717, 1.165) is 0 Å². The van der Waals surface area contributed by atoms with E-state index in [2.05, 4.69) is 5.32 Å². The number of ether oxygens (including phenoxy) is 2. The summed E-state index contributed by atoms with van der Waals surface area (Å²) in [7, 11) is 1.46. The molecule has 2 amide bonds. The van der Waals surface area contributed by atoms with Crippen LogP contribution in [0, 0.1) is 6.92 Å². The Morgan fingerprint density at radius 3 is 2.33 bits per heavy atom. The smallest absolute Gasteiger partial charge is 0.405 e. The van der Waals surface area contributed by atoms with Crippen molar-refractivity contribution in [1.29, 1.82) is 0 Å². The van der Waals surface area contributed by atoms with E-state index in [1.54, 1.807) is 30.4 Å². The number of carbonyl (C=O) groups excluding carboxylic acids is 3. The molecule has 10 heteroatoms. The molecule has 0 spiro atoms. The van der Waals surface area contributed by atoms with Gasteiger partial charge in [0.25, 0.3) is 5.91 Å². The van der Waals surface area contributed by atoms with Crippen LogP contribution in [0.15, 0.2) is 36.4 Å².